The first kappa shape index (κ1) is 19.8. The molecule has 148 valence electrons. The summed E-state index contributed by atoms with van der Waals surface area (Å²) >= 11 is 0. The van der Waals surface area contributed by atoms with Gasteiger partial charge in [0, 0.05) is 35.7 Å². The number of morpholine rings is 1. The maximum atomic E-state index is 12.0. The van der Waals surface area contributed by atoms with E-state index in [2.05, 4.69) is 10.5 Å². The molecule has 1 saturated heterocycles. The zero-order valence-electron chi connectivity index (χ0n) is 16.0. The molecule has 2 N–H and O–H groups in total. The molecule has 1 fully saturated rings. The highest BCUT2D eigenvalue weighted by molar-refractivity contribution is 5.88. The van der Waals surface area contributed by atoms with Crippen molar-refractivity contribution in [3.05, 3.63) is 52.8 Å². The Balaban J connectivity index is 1.66. The smallest absolute Gasteiger partial charge is 0.335 e. The van der Waals surface area contributed by atoms with Crippen LogP contribution in [0.3, 0.4) is 0 Å². The van der Waals surface area contributed by atoms with Crippen LogP contribution >= 0.6 is 0 Å². The molecule has 0 saturated carbocycles. The minimum Gasteiger partial charge on any atom is -0.478 e. The van der Waals surface area contributed by atoms with Gasteiger partial charge in [0.2, 0.25) is 0 Å². The second-order valence-corrected chi connectivity index (χ2v) is 6.70. The highest BCUT2D eigenvalue weighted by Crippen LogP contribution is 2.20. The van der Waals surface area contributed by atoms with Crippen LogP contribution in [0.5, 0.6) is 0 Å². The number of aromatic nitrogens is 1. The summed E-state index contributed by atoms with van der Waals surface area (Å²) in [4.78, 5) is 25.1. The first-order valence-corrected chi connectivity index (χ1v) is 9.10. The van der Waals surface area contributed by atoms with Gasteiger partial charge in [-0.1, -0.05) is 0 Å². The Hall–Kier alpha value is -2.97. The van der Waals surface area contributed by atoms with Gasteiger partial charge in [0.25, 0.3) is 5.91 Å². The molecule has 0 radical (unpaired) electrons. The first-order chi connectivity index (χ1) is 13.5. The molecule has 8 nitrogen and oxygen atoms in total. The zero-order chi connectivity index (χ0) is 20.1. The van der Waals surface area contributed by atoms with Crippen LogP contribution in [0.2, 0.25) is 0 Å². The van der Waals surface area contributed by atoms with Crippen molar-refractivity contribution in [3.63, 3.8) is 0 Å². The number of aromatic carboxylic acids is 1. The summed E-state index contributed by atoms with van der Waals surface area (Å²) < 4.78 is 7.28. The molecule has 0 bridgehead atoms. The van der Waals surface area contributed by atoms with Crippen molar-refractivity contribution in [1.29, 1.82) is 0 Å². The number of hydrazone groups is 1. The zero-order valence-corrected chi connectivity index (χ0v) is 16.0. The highest BCUT2D eigenvalue weighted by Gasteiger charge is 2.14. The SMILES string of the molecule is Cc1cc(/C=N\NC(=O)CN2CCOCC2)c(C)n1-c1ccc(C(=O)O)cc1. The van der Waals surface area contributed by atoms with Gasteiger partial charge in [-0.25, -0.2) is 10.2 Å². The fourth-order valence-electron chi connectivity index (χ4n) is 3.24. The van der Waals surface area contributed by atoms with Gasteiger partial charge in [0.15, 0.2) is 0 Å². The molecule has 1 aromatic carbocycles. The van der Waals surface area contributed by atoms with Crippen molar-refractivity contribution in [2.24, 2.45) is 5.10 Å². The van der Waals surface area contributed by atoms with E-state index in [9.17, 15) is 9.59 Å². The lowest BCUT2D eigenvalue weighted by molar-refractivity contribution is -0.123. The van der Waals surface area contributed by atoms with Crippen LogP contribution in [-0.4, -0.2) is 65.5 Å². The third-order valence-corrected chi connectivity index (χ3v) is 4.71. The number of carboxylic acids is 1. The fraction of sp³-hybridized carbons (Fsp3) is 0.350. The molecule has 0 spiro atoms. The van der Waals surface area contributed by atoms with Gasteiger partial charge in [-0.05, 0) is 44.2 Å². The molecule has 28 heavy (non-hydrogen) atoms. The predicted octanol–water partition coefficient (Wildman–Crippen LogP) is 1.57. The lowest BCUT2D eigenvalue weighted by atomic mass is 10.2. The summed E-state index contributed by atoms with van der Waals surface area (Å²) in [5, 5.41) is 13.1. The Morgan fingerprint density at radius 1 is 1.21 bits per heavy atom. The Kier molecular flexibility index (Phi) is 6.23. The van der Waals surface area contributed by atoms with Crippen molar-refractivity contribution in [1.82, 2.24) is 14.9 Å². The number of nitrogens with one attached hydrogen (secondary N) is 1. The van der Waals surface area contributed by atoms with Crippen molar-refractivity contribution in [2.45, 2.75) is 13.8 Å². The number of nitrogens with zero attached hydrogens (tertiary/aromatic N) is 3. The van der Waals surface area contributed by atoms with E-state index in [1.165, 1.54) is 0 Å². The Morgan fingerprint density at radius 2 is 1.89 bits per heavy atom. The van der Waals surface area contributed by atoms with Gasteiger partial charge in [0.1, 0.15) is 0 Å². The van der Waals surface area contributed by atoms with E-state index in [0.717, 1.165) is 35.7 Å². The number of amides is 1. The number of rotatable bonds is 6. The fourth-order valence-corrected chi connectivity index (χ4v) is 3.24. The minimum absolute atomic E-state index is 0.156. The number of hydrogen-bond donors (Lipinski definition) is 2. The Morgan fingerprint density at radius 3 is 2.54 bits per heavy atom. The third-order valence-electron chi connectivity index (χ3n) is 4.71. The van der Waals surface area contributed by atoms with E-state index in [1.807, 2.05) is 29.4 Å². The third kappa shape index (κ3) is 4.65. The van der Waals surface area contributed by atoms with Crippen molar-refractivity contribution >= 4 is 18.1 Å². The van der Waals surface area contributed by atoms with Crippen LogP contribution in [0.15, 0.2) is 35.4 Å². The molecule has 0 unspecified atom stereocenters. The van der Waals surface area contributed by atoms with Gasteiger partial charge in [-0.2, -0.15) is 5.10 Å². The Labute approximate surface area is 163 Å². The molecule has 1 aliphatic heterocycles. The number of benzene rings is 1. The summed E-state index contributed by atoms with van der Waals surface area (Å²) in [7, 11) is 0. The van der Waals surface area contributed by atoms with Crippen LogP contribution in [0.1, 0.15) is 27.3 Å². The summed E-state index contributed by atoms with van der Waals surface area (Å²) in [5.74, 6) is -1.11. The first-order valence-electron chi connectivity index (χ1n) is 9.10. The average Bonchev–Trinajstić information content (AvgIpc) is 2.96. The minimum atomic E-state index is -0.951. The number of hydrogen-bond acceptors (Lipinski definition) is 5. The topological polar surface area (TPSA) is 96.2 Å². The van der Waals surface area contributed by atoms with Crippen LogP contribution in [0, 0.1) is 13.8 Å². The monoisotopic (exact) mass is 384 g/mol. The van der Waals surface area contributed by atoms with Crippen molar-refractivity contribution in [3.8, 4) is 5.69 Å². The van der Waals surface area contributed by atoms with Gasteiger partial charge in [-0.15, -0.1) is 0 Å². The predicted molar refractivity (Wildman–Crippen MR) is 105 cm³/mol. The molecule has 1 aliphatic rings. The number of carbonyl (C=O) groups is 2. The Bertz CT molecular complexity index is 880. The molecule has 1 amide bonds. The van der Waals surface area contributed by atoms with E-state index in [1.54, 1.807) is 30.5 Å². The van der Waals surface area contributed by atoms with Gasteiger partial charge >= 0.3 is 5.97 Å². The van der Waals surface area contributed by atoms with Gasteiger partial charge in [-0.3, -0.25) is 9.69 Å². The number of carboxylic acid groups (broad SMARTS) is 1. The molecule has 2 heterocycles. The largest absolute Gasteiger partial charge is 0.478 e. The normalized spacial score (nSPS) is 15.1. The van der Waals surface area contributed by atoms with E-state index in [4.69, 9.17) is 9.84 Å². The number of aryl methyl sites for hydroxylation is 1. The van der Waals surface area contributed by atoms with E-state index >= 15 is 0 Å². The molecular formula is C20H24N4O4. The van der Waals surface area contributed by atoms with Crippen LogP contribution in [0.25, 0.3) is 5.69 Å². The molecule has 1 aromatic heterocycles. The number of carbonyl (C=O) groups excluding carboxylic acids is 1. The average molecular weight is 384 g/mol. The second-order valence-electron chi connectivity index (χ2n) is 6.70. The van der Waals surface area contributed by atoms with Crippen molar-refractivity contribution in [2.75, 3.05) is 32.8 Å². The summed E-state index contributed by atoms with van der Waals surface area (Å²) in [6.07, 6.45) is 1.63. The molecule has 8 heteroatoms. The summed E-state index contributed by atoms with van der Waals surface area (Å²) in [5.41, 5.74) is 6.50. The van der Waals surface area contributed by atoms with E-state index in [-0.39, 0.29) is 11.5 Å². The maximum absolute atomic E-state index is 12.0. The molecule has 0 aliphatic carbocycles. The molecule has 0 atom stereocenters. The van der Waals surface area contributed by atoms with Crippen LogP contribution in [-0.2, 0) is 9.53 Å². The summed E-state index contributed by atoms with van der Waals surface area (Å²) in [6, 6.07) is 8.67. The molecule has 3 rings (SSSR count). The van der Waals surface area contributed by atoms with Gasteiger partial charge in [0.05, 0.1) is 31.5 Å². The highest BCUT2D eigenvalue weighted by atomic mass is 16.5. The van der Waals surface area contributed by atoms with Crippen LogP contribution < -0.4 is 5.43 Å². The standard InChI is InChI=1S/C20H24N4O4/c1-14-11-17(12-21-22-19(25)13-23-7-9-28-10-8-23)15(2)24(14)18-5-3-16(4-6-18)20(26)27/h3-6,11-12H,7-10,13H2,1-2H3,(H,22,25)(H,26,27)/b21-12-. The lowest BCUT2D eigenvalue weighted by Crippen LogP contribution is -2.42. The van der Waals surface area contributed by atoms with Gasteiger partial charge < -0.3 is 14.4 Å². The quantitative estimate of drug-likeness (QED) is 0.582. The molecular weight excluding hydrogens is 360 g/mol. The van der Waals surface area contributed by atoms with Crippen LogP contribution in [0.4, 0.5) is 0 Å². The number of ether oxygens (including phenoxy) is 1. The van der Waals surface area contributed by atoms with Crippen molar-refractivity contribution < 1.29 is 19.4 Å². The lowest BCUT2D eigenvalue weighted by Gasteiger charge is -2.25. The van der Waals surface area contributed by atoms with E-state index < -0.39 is 5.97 Å². The second kappa shape index (κ2) is 8.81. The molecule has 2 aromatic rings. The summed E-state index contributed by atoms with van der Waals surface area (Å²) in [6.45, 7) is 7.01. The van der Waals surface area contributed by atoms with E-state index in [0.29, 0.717) is 19.8 Å². The maximum Gasteiger partial charge on any atom is 0.335 e.